The number of ether oxygens (including phenoxy) is 1. The molecule has 0 aliphatic carbocycles. The number of benzene rings is 1. The summed E-state index contributed by atoms with van der Waals surface area (Å²) < 4.78 is 96.8. The van der Waals surface area contributed by atoms with Gasteiger partial charge in [0.1, 0.15) is 12.6 Å². The molecule has 32 heavy (non-hydrogen) atoms. The van der Waals surface area contributed by atoms with Crippen LogP contribution in [0.1, 0.15) is 5.56 Å². The molecule has 180 valence electrons. The van der Waals surface area contributed by atoms with Crippen molar-refractivity contribution in [3.05, 3.63) is 23.8 Å². The van der Waals surface area contributed by atoms with E-state index in [-0.39, 0.29) is 25.4 Å². The SMILES string of the molecule is NC[C@H](C(=O)Nc1ccc(N2CCOCC2=O)cc1C(F)(F)F)N(CC(F)F)CC(F)F. The zero-order chi connectivity index (χ0) is 24.1. The van der Waals surface area contributed by atoms with Crippen LogP contribution in [0.3, 0.4) is 0 Å². The van der Waals surface area contributed by atoms with Gasteiger partial charge in [0.05, 0.1) is 30.9 Å². The minimum absolute atomic E-state index is 0.0211. The second-order valence-electron chi connectivity index (χ2n) is 6.80. The minimum atomic E-state index is -4.96. The molecule has 0 saturated carbocycles. The van der Waals surface area contributed by atoms with Crippen molar-refractivity contribution in [2.75, 3.05) is 49.6 Å². The first-order valence-corrected chi connectivity index (χ1v) is 9.34. The zero-order valence-electron chi connectivity index (χ0n) is 16.5. The van der Waals surface area contributed by atoms with Gasteiger partial charge in [0.2, 0.25) is 5.91 Å². The lowest BCUT2D eigenvalue weighted by molar-refractivity contribution is -0.137. The number of rotatable bonds is 9. The Kier molecular flexibility index (Phi) is 8.81. The standard InChI is InChI=1S/C18H21F7N4O3/c19-14(20)7-28(8-15(21)22)13(6-26)17(31)27-12-2-1-10(5-11(12)18(23,24)25)29-3-4-32-9-16(29)30/h1-2,5,13-15H,3-4,6-9,26H2,(H,27,31)/t13-/m1/s1. The highest BCUT2D eigenvalue weighted by atomic mass is 19.4. The Morgan fingerprint density at radius 2 is 1.81 bits per heavy atom. The van der Waals surface area contributed by atoms with E-state index in [4.69, 9.17) is 10.5 Å². The van der Waals surface area contributed by atoms with E-state index in [0.717, 1.165) is 17.0 Å². The molecular weight excluding hydrogens is 453 g/mol. The molecule has 1 atom stereocenters. The Morgan fingerprint density at radius 3 is 2.31 bits per heavy atom. The number of nitrogens with zero attached hydrogens (tertiary/aromatic N) is 2. The number of halogens is 7. The smallest absolute Gasteiger partial charge is 0.370 e. The third kappa shape index (κ3) is 6.77. The maximum atomic E-state index is 13.6. The molecule has 2 rings (SSSR count). The highest BCUT2D eigenvalue weighted by molar-refractivity contribution is 5.98. The number of carbonyl (C=O) groups is 2. The predicted molar refractivity (Wildman–Crippen MR) is 99.7 cm³/mol. The van der Waals surface area contributed by atoms with Crippen molar-refractivity contribution in [1.82, 2.24) is 4.90 Å². The zero-order valence-corrected chi connectivity index (χ0v) is 16.5. The number of nitrogens with one attached hydrogen (secondary N) is 1. The summed E-state index contributed by atoms with van der Waals surface area (Å²) in [5.74, 6) is -1.81. The van der Waals surface area contributed by atoms with Crippen LogP contribution < -0.4 is 16.0 Å². The maximum absolute atomic E-state index is 13.6. The van der Waals surface area contributed by atoms with Crippen molar-refractivity contribution in [3.8, 4) is 0 Å². The molecule has 1 saturated heterocycles. The number of carbonyl (C=O) groups excluding carboxylic acids is 2. The summed E-state index contributed by atoms with van der Waals surface area (Å²) in [5, 5.41) is 1.94. The molecule has 2 amide bonds. The van der Waals surface area contributed by atoms with Gasteiger partial charge in [0.25, 0.3) is 18.8 Å². The molecule has 0 spiro atoms. The molecule has 1 aromatic carbocycles. The van der Waals surface area contributed by atoms with Crippen LogP contribution in [0.15, 0.2) is 18.2 Å². The van der Waals surface area contributed by atoms with Gasteiger partial charge in [0, 0.05) is 18.8 Å². The lowest BCUT2D eigenvalue weighted by Gasteiger charge is -2.30. The fraction of sp³-hybridized carbons (Fsp3) is 0.556. The van der Waals surface area contributed by atoms with Crippen LogP contribution >= 0.6 is 0 Å². The van der Waals surface area contributed by atoms with Crippen LogP contribution in [0, 0.1) is 0 Å². The van der Waals surface area contributed by atoms with Gasteiger partial charge in [-0.3, -0.25) is 14.5 Å². The van der Waals surface area contributed by atoms with Gasteiger partial charge in [-0.05, 0) is 18.2 Å². The van der Waals surface area contributed by atoms with Gasteiger partial charge in [0.15, 0.2) is 0 Å². The summed E-state index contributed by atoms with van der Waals surface area (Å²) in [5.41, 5.74) is 3.23. The number of hydrogen-bond acceptors (Lipinski definition) is 5. The van der Waals surface area contributed by atoms with Crippen LogP contribution in [0.5, 0.6) is 0 Å². The van der Waals surface area contributed by atoms with Crippen LogP contribution in [0.25, 0.3) is 0 Å². The molecule has 0 aromatic heterocycles. The first-order chi connectivity index (χ1) is 14.9. The molecule has 7 nitrogen and oxygen atoms in total. The topological polar surface area (TPSA) is 87.9 Å². The first-order valence-electron chi connectivity index (χ1n) is 9.34. The van der Waals surface area contributed by atoms with E-state index in [1.165, 1.54) is 0 Å². The number of nitrogens with two attached hydrogens (primary N) is 1. The molecule has 3 N–H and O–H groups in total. The highest BCUT2D eigenvalue weighted by Crippen LogP contribution is 2.37. The second-order valence-corrected chi connectivity index (χ2v) is 6.80. The number of anilines is 2. The van der Waals surface area contributed by atoms with Crippen molar-refractivity contribution < 1.29 is 45.1 Å². The van der Waals surface area contributed by atoms with Gasteiger partial charge >= 0.3 is 6.18 Å². The first kappa shape index (κ1) is 25.8. The van der Waals surface area contributed by atoms with Gasteiger partial charge < -0.3 is 20.7 Å². The van der Waals surface area contributed by atoms with E-state index in [1.54, 1.807) is 0 Å². The van der Waals surface area contributed by atoms with Gasteiger partial charge in [-0.15, -0.1) is 0 Å². The lowest BCUT2D eigenvalue weighted by atomic mass is 10.1. The van der Waals surface area contributed by atoms with Gasteiger partial charge in [-0.2, -0.15) is 13.2 Å². The Balaban J connectivity index is 2.32. The molecule has 0 unspecified atom stereocenters. The Bertz CT molecular complexity index is 797. The third-order valence-electron chi connectivity index (χ3n) is 4.58. The van der Waals surface area contributed by atoms with Gasteiger partial charge in [-0.1, -0.05) is 0 Å². The molecule has 14 heteroatoms. The normalized spacial score (nSPS) is 16.2. The second kappa shape index (κ2) is 10.9. The van der Waals surface area contributed by atoms with Crippen LogP contribution in [-0.2, 0) is 20.5 Å². The summed E-state index contributed by atoms with van der Waals surface area (Å²) in [6.07, 6.45) is -11.1. The Hall–Kier alpha value is -2.45. The molecule has 1 aliphatic heterocycles. The predicted octanol–water partition coefficient (Wildman–Crippen LogP) is 2.17. The van der Waals surface area contributed by atoms with Crippen LogP contribution in [0.4, 0.5) is 42.1 Å². The van der Waals surface area contributed by atoms with E-state index >= 15 is 0 Å². The molecular formula is C18H21F7N4O3. The highest BCUT2D eigenvalue weighted by Gasteiger charge is 2.37. The average Bonchev–Trinajstić information content (AvgIpc) is 2.67. The maximum Gasteiger partial charge on any atom is 0.418 e. The van der Waals surface area contributed by atoms with Crippen molar-refractivity contribution >= 4 is 23.2 Å². The summed E-state index contributed by atoms with van der Waals surface area (Å²) in [6, 6.07) is 0.963. The summed E-state index contributed by atoms with van der Waals surface area (Å²) in [4.78, 5) is 25.9. The molecule has 1 heterocycles. The average molecular weight is 474 g/mol. The van der Waals surface area contributed by atoms with Crippen molar-refractivity contribution in [1.29, 1.82) is 0 Å². The Labute approximate surface area is 178 Å². The van der Waals surface area contributed by atoms with Gasteiger partial charge in [-0.25, -0.2) is 17.6 Å². The molecule has 1 aliphatic rings. The fourth-order valence-electron chi connectivity index (χ4n) is 3.16. The largest absolute Gasteiger partial charge is 0.418 e. The van der Waals surface area contributed by atoms with Crippen molar-refractivity contribution in [2.24, 2.45) is 5.73 Å². The number of alkyl halides is 7. The van der Waals surface area contributed by atoms with E-state index < -0.39 is 67.8 Å². The quantitative estimate of drug-likeness (QED) is 0.536. The molecule has 0 radical (unpaired) electrons. The number of amides is 2. The fourth-order valence-corrected chi connectivity index (χ4v) is 3.16. The van der Waals surface area contributed by atoms with E-state index in [2.05, 4.69) is 0 Å². The van der Waals surface area contributed by atoms with Crippen molar-refractivity contribution in [2.45, 2.75) is 25.1 Å². The van der Waals surface area contributed by atoms with Crippen LogP contribution in [-0.4, -0.2) is 75.0 Å². The van der Waals surface area contributed by atoms with E-state index in [0.29, 0.717) is 11.0 Å². The number of morpholine rings is 1. The third-order valence-corrected chi connectivity index (χ3v) is 4.58. The molecule has 1 aromatic rings. The van der Waals surface area contributed by atoms with Crippen LogP contribution in [0.2, 0.25) is 0 Å². The number of hydrogen-bond donors (Lipinski definition) is 2. The lowest BCUT2D eigenvalue weighted by Crippen LogP contribution is -2.51. The summed E-state index contributed by atoms with van der Waals surface area (Å²) in [7, 11) is 0. The van der Waals surface area contributed by atoms with E-state index in [1.807, 2.05) is 5.32 Å². The molecule has 0 bridgehead atoms. The summed E-state index contributed by atoms with van der Waals surface area (Å²) in [6.45, 7) is -3.29. The molecule has 1 fully saturated rings. The van der Waals surface area contributed by atoms with E-state index in [9.17, 15) is 40.3 Å². The minimum Gasteiger partial charge on any atom is -0.370 e. The Morgan fingerprint density at radius 1 is 1.19 bits per heavy atom. The van der Waals surface area contributed by atoms with Crippen molar-refractivity contribution in [3.63, 3.8) is 0 Å². The summed E-state index contributed by atoms with van der Waals surface area (Å²) >= 11 is 0. The monoisotopic (exact) mass is 474 g/mol.